The smallest absolute Gasteiger partial charge is 0.213 e. The Morgan fingerprint density at radius 1 is 1.24 bits per heavy atom. The third kappa shape index (κ3) is 1.15. The molecule has 1 aromatic carbocycles. The van der Waals surface area contributed by atoms with Gasteiger partial charge in [-0.15, -0.1) is 0 Å². The molecule has 1 aromatic heterocycles. The zero-order valence-corrected chi connectivity index (χ0v) is 9.01. The number of nitrogens with zero attached hydrogens (tertiary/aromatic N) is 1. The van der Waals surface area contributed by atoms with E-state index in [4.69, 9.17) is 9.47 Å². The maximum atomic E-state index is 5.61. The van der Waals surface area contributed by atoms with Gasteiger partial charge in [0.15, 0.2) is 0 Å². The maximum Gasteiger partial charge on any atom is 0.213 e. The van der Waals surface area contributed by atoms with Crippen molar-refractivity contribution < 1.29 is 9.47 Å². The molecule has 1 N–H and O–H groups in total. The van der Waals surface area contributed by atoms with Crippen LogP contribution in [0.5, 0.6) is 11.6 Å². The Kier molecular flexibility index (Phi) is 1.63. The highest BCUT2D eigenvalue weighted by Crippen LogP contribution is 2.45. The molecule has 0 radical (unpaired) electrons. The maximum absolute atomic E-state index is 5.61. The highest BCUT2D eigenvalue weighted by molar-refractivity contribution is 5.53. The summed E-state index contributed by atoms with van der Waals surface area (Å²) in [5.41, 5.74) is 3.40. The minimum absolute atomic E-state index is 0.211. The molecule has 4 nitrogen and oxygen atoms in total. The first kappa shape index (κ1) is 8.87. The van der Waals surface area contributed by atoms with Gasteiger partial charge in [-0.25, -0.2) is 5.10 Å². The molecule has 0 saturated heterocycles. The monoisotopic (exact) mass is 226 g/mol. The van der Waals surface area contributed by atoms with Gasteiger partial charge in [-0.1, -0.05) is 18.2 Å². The van der Waals surface area contributed by atoms with Crippen LogP contribution >= 0.6 is 0 Å². The second kappa shape index (κ2) is 3.13. The van der Waals surface area contributed by atoms with E-state index in [1.54, 1.807) is 6.26 Å². The van der Waals surface area contributed by atoms with Crippen molar-refractivity contribution in [2.24, 2.45) is 0 Å². The summed E-state index contributed by atoms with van der Waals surface area (Å²) < 4.78 is 11.2. The topological polar surface area (TPSA) is 47.1 Å². The Balaban J connectivity index is 1.96. The summed E-state index contributed by atoms with van der Waals surface area (Å²) in [7, 11) is 0. The Hall–Kier alpha value is -2.23. The van der Waals surface area contributed by atoms with Crippen LogP contribution in [0.4, 0.5) is 0 Å². The van der Waals surface area contributed by atoms with Crippen molar-refractivity contribution in [3.8, 4) is 11.6 Å². The molecule has 1 unspecified atom stereocenters. The van der Waals surface area contributed by atoms with E-state index in [1.165, 1.54) is 5.56 Å². The molecule has 0 spiro atoms. The lowest BCUT2D eigenvalue weighted by Crippen LogP contribution is -2.21. The number of aromatic nitrogens is 2. The first-order valence-corrected chi connectivity index (χ1v) is 5.54. The predicted molar refractivity (Wildman–Crippen MR) is 61.1 cm³/mol. The van der Waals surface area contributed by atoms with E-state index in [2.05, 4.69) is 16.3 Å². The molecule has 17 heavy (non-hydrogen) atoms. The van der Waals surface area contributed by atoms with Gasteiger partial charge in [0.05, 0.1) is 12.5 Å². The molecule has 0 aliphatic carbocycles. The number of nitrogens with one attached hydrogen (secondary N) is 1. The number of hydrogen-bond acceptors (Lipinski definition) is 3. The summed E-state index contributed by atoms with van der Waals surface area (Å²) in [5.74, 6) is 1.89. The highest BCUT2D eigenvalue weighted by atomic mass is 16.5. The predicted octanol–water partition coefficient (Wildman–Crippen LogP) is 2.21. The van der Waals surface area contributed by atoms with E-state index in [9.17, 15) is 0 Å². The molecular formula is C13H10N2O2. The van der Waals surface area contributed by atoms with Gasteiger partial charge in [0.1, 0.15) is 12.4 Å². The summed E-state index contributed by atoms with van der Waals surface area (Å²) >= 11 is 0. The molecule has 3 heterocycles. The zero-order chi connectivity index (χ0) is 11.2. The van der Waals surface area contributed by atoms with Crippen molar-refractivity contribution in [2.75, 3.05) is 6.61 Å². The SMILES string of the molecule is C1=C2COc3[nH]ncc3C2c2ccccc2O1. The van der Waals surface area contributed by atoms with Crippen LogP contribution in [0.25, 0.3) is 0 Å². The number of benzene rings is 1. The summed E-state index contributed by atoms with van der Waals surface area (Å²) in [6.07, 6.45) is 3.62. The van der Waals surface area contributed by atoms with Crippen molar-refractivity contribution in [3.63, 3.8) is 0 Å². The number of ether oxygens (including phenoxy) is 2. The van der Waals surface area contributed by atoms with Crippen LogP contribution < -0.4 is 9.47 Å². The number of fused-ring (bicyclic) bond motifs is 5. The van der Waals surface area contributed by atoms with Crippen LogP contribution in [-0.4, -0.2) is 16.8 Å². The Morgan fingerprint density at radius 2 is 2.18 bits per heavy atom. The summed E-state index contributed by atoms with van der Waals surface area (Å²) in [6, 6.07) is 8.08. The van der Waals surface area contributed by atoms with E-state index in [-0.39, 0.29) is 5.92 Å². The number of para-hydroxylation sites is 1. The molecule has 0 fully saturated rings. The Labute approximate surface area is 97.9 Å². The lowest BCUT2D eigenvalue weighted by Gasteiger charge is -2.29. The number of H-pyrrole nitrogens is 1. The lowest BCUT2D eigenvalue weighted by atomic mass is 9.84. The van der Waals surface area contributed by atoms with Gasteiger partial charge >= 0.3 is 0 Å². The van der Waals surface area contributed by atoms with Crippen molar-refractivity contribution >= 4 is 0 Å². The highest BCUT2D eigenvalue weighted by Gasteiger charge is 2.33. The first-order valence-electron chi connectivity index (χ1n) is 5.54. The van der Waals surface area contributed by atoms with Crippen molar-refractivity contribution in [3.05, 3.63) is 53.4 Å². The molecule has 84 valence electrons. The van der Waals surface area contributed by atoms with Gasteiger partial charge in [-0.3, -0.25) is 0 Å². The number of rotatable bonds is 0. The molecule has 2 aromatic rings. The molecule has 1 atom stereocenters. The average Bonchev–Trinajstić information content (AvgIpc) is 2.86. The van der Waals surface area contributed by atoms with Gasteiger partial charge < -0.3 is 9.47 Å². The van der Waals surface area contributed by atoms with Crippen LogP contribution in [0.2, 0.25) is 0 Å². The summed E-state index contributed by atoms with van der Waals surface area (Å²) in [5, 5.41) is 6.93. The van der Waals surface area contributed by atoms with E-state index in [0.717, 1.165) is 22.8 Å². The second-order valence-corrected chi connectivity index (χ2v) is 4.22. The van der Waals surface area contributed by atoms with Crippen LogP contribution in [0.3, 0.4) is 0 Å². The van der Waals surface area contributed by atoms with Gasteiger partial charge in [-0.2, -0.15) is 5.10 Å². The third-order valence-electron chi connectivity index (χ3n) is 3.26. The molecule has 4 rings (SSSR count). The number of aromatic amines is 1. The Bertz CT molecular complexity index is 615. The van der Waals surface area contributed by atoms with Crippen LogP contribution in [0, 0.1) is 0 Å². The zero-order valence-electron chi connectivity index (χ0n) is 9.01. The van der Waals surface area contributed by atoms with E-state index < -0.39 is 0 Å². The lowest BCUT2D eigenvalue weighted by molar-refractivity contribution is 0.298. The van der Waals surface area contributed by atoms with Crippen molar-refractivity contribution in [1.82, 2.24) is 10.2 Å². The largest absolute Gasteiger partial charge is 0.473 e. The molecule has 2 aliphatic heterocycles. The fourth-order valence-electron chi connectivity index (χ4n) is 2.48. The fourth-order valence-corrected chi connectivity index (χ4v) is 2.48. The summed E-state index contributed by atoms with van der Waals surface area (Å²) in [4.78, 5) is 0. The van der Waals surface area contributed by atoms with Gasteiger partial charge in [-0.05, 0) is 6.07 Å². The quantitative estimate of drug-likeness (QED) is 0.749. The normalized spacial score (nSPS) is 20.2. The van der Waals surface area contributed by atoms with Crippen molar-refractivity contribution in [1.29, 1.82) is 0 Å². The minimum Gasteiger partial charge on any atom is -0.473 e. The third-order valence-corrected chi connectivity index (χ3v) is 3.26. The van der Waals surface area contributed by atoms with Crippen LogP contribution in [-0.2, 0) is 0 Å². The molecule has 4 heteroatoms. The minimum atomic E-state index is 0.211. The molecule has 2 aliphatic rings. The molecular weight excluding hydrogens is 216 g/mol. The molecule has 0 saturated carbocycles. The van der Waals surface area contributed by atoms with E-state index >= 15 is 0 Å². The fraction of sp³-hybridized carbons (Fsp3) is 0.154. The first-order chi connectivity index (χ1) is 8.43. The van der Waals surface area contributed by atoms with E-state index in [0.29, 0.717) is 6.61 Å². The molecule has 0 bridgehead atoms. The average molecular weight is 226 g/mol. The second-order valence-electron chi connectivity index (χ2n) is 4.22. The van der Waals surface area contributed by atoms with E-state index in [1.807, 2.05) is 24.4 Å². The summed E-state index contributed by atoms with van der Waals surface area (Å²) in [6.45, 7) is 0.550. The van der Waals surface area contributed by atoms with Crippen LogP contribution in [0.1, 0.15) is 17.0 Å². The molecule has 0 amide bonds. The standard InChI is InChI=1S/C13H10N2O2/c1-2-4-11-9(3-1)12-8(6-16-11)7-17-13-10(12)5-14-15-13/h1-6,12H,7H2,(H,14,15). The van der Waals surface area contributed by atoms with Crippen LogP contribution in [0.15, 0.2) is 42.3 Å². The van der Waals surface area contributed by atoms with Crippen molar-refractivity contribution in [2.45, 2.75) is 5.92 Å². The van der Waals surface area contributed by atoms with Gasteiger partial charge in [0, 0.05) is 22.6 Å². The Morgan fingerprint density at radius 3 is 3.18 bits per heavy atom. The number of hydrogen-bond donors (Lipinski definition) is 1. The van der Waals surface area contributed by atoms with Gasteiger partial charge in [0.2, 0.25) is 5.88 Å². The van der Waals surface area contributed by atoms with Gasteiger partial charge in [0.25, 0.3) is 0 Å².